The van der Waals surface area contributed by atoms with Crippen LogP contribution in [0.3, 0.4) is 0 Å². The molecule has 5 heteroatoms. The van der Waals surface area contributed by atoms with Crippen LogP contribution in [0, 0.1) is 0 Å². The summed E-state index contributed by atoms with van der Waals surface area (Å²) in [5.74, 6) is 0. The van der Waals surface area contributed by atoms with E-state index in [0.29, 0.717) is 6.61 Å². The number of hydrogen-bond donors (Lipinski definition) is 3. The van der Waals surface area contributed by atoms with E-state index in [1.165, 1.54) is 57.8 Å². The van der Waals surface area contributed by atoms with Crippen molar-refractivity contribution in [1.29, 1.82) is 0 Å². The molecule has 1 fully saturated rings. The molecule has 0 aromatic rings. The Hall–Kier alpha value is -0.460. The summed E-state index contributed by atoms with van der Waals surface area (Å²) in [6.07, 6.45) is 14.7. The van der Waals surface area contributed by atoms with Crippen LogP contribution in [-0.4, -0.2) is 59.6 Å². The fourth-order valence-electron chi connectivity index (χ4n) is 3.17. The van der Waals surface area contributed by atoms with Crippen molar-refractivity contribution < 1.29 is 24.8 Å². The second-order valence-electron chi connectivity index (χ2n) is 7.38. The molecule has 0 amide bonds. The summed E-state index contributed by atoms with van der Waals surface area (Å²) < 4.78 is 10.6. The average Bonchev–Trinajstić information content (AvgIpc) is 2.97. The second-order valence-corrected chi connectivity index (χ2v) is 7.38. The van der Waals surface area contributed by atoms with E-state index in [4.69, 9.17) is 9.47 Å². The highest BCUT2D eigenvalue weighted by Crippen LogP contribution is 2.18. The number of allylic oxidation sites excluding steroid dienone is 2. The molecule has 0 saturated carbocycles. The summed E-state index contributed by atoms with van der Waals surface area (Å²) in [6, 6.07) is 0. The largest absolute Gasteiger partial charge is 0.388 e. The van der Waals surface area contributed by atoms with Crippen molar-refractivity contribution in [3.8, 4) is 0 Å². The van der Waals surface area contributed by atoms with Gasteiger partial charge in [0.05, 0.1) is 13.2 Å². The lowest BCUT2D eigenvalue weighted by Gasteiger charge is -2.20. The molecule has 0 bridgehead atoms. The maximum Gasteiger partial charge on any atom is 0.114 e. The van der Waals surface area contributed by atoms with Gasteiger partial charge in [0.15, 0.2) is 0 Å². The predicted molar refractivity (Wildman–Crippen MR) is 104 cm³/mol. The van der Waals surface area contributed by atoms with Crippen molar-refractivity contribution in [3.05, 3.63) is 12.2 Å². The SMILES string of the molecule is CCCC/C=C/CCCCCCCCCOC[C@@H](O)[C@H]1OC[C@H](O)[C@H]1O. The maximum atomic E-state index is 9.92. The van der Waals surface area contributed by atoms with Crippen LogP contribution in [0.1, 0.15) is 77.6 Å². The molecule has 1 aliphatic heterocycles. The van der Waals surface area contributed by atoms with Gasteiger partial charge in [-0.25, -0.2) is 0 Å². The Labute approximate surface area is 159 Å². The van der Waals surface area contributed by atoms with Crippen LogP contribution in [0.15, 0.2) is 12.2 Å². The summed E-state index contributed by atoms with van der Waals surface area (Å²) in [7, 11) is 0. The van der Waals surface area contributed by atoms with Gasteiger partial charge in [0, 0.05) is 6.61 Å². The van der Waals surface area contributed by atoms with Gasteiger partial charge in [-0.3, -0.25) is 0 Å². The number of hydrogen-bond acceptors (Lipinski definition) is 5. The van der Waals surface area contributed by atoms with Crippen LogP contribution in [0.4, 0.5) is 0 Å². The lowest BCUT2D eigenvalue weighted by molar-refractivity contribution is -0.0813. The molecule has 5 nitrogen and oxygen atoms in total. The molecule has 1 saturated heterocycles. The first-order chi connectivity index (χ1) is 12.7. The summed E-state index contributed by atoms with van der Waals surface area (Å²) in [5, 5.41) is 29.0. The zero-order valence-corrected chi connectivity index (χ0v) is 16.5. The van der Waals surface area contributed by atoms with E-state index in [1.807, 2.05) is 0 Å². The Kier molecular flexibility index (Phi) is 14.1. The molecular weight excluding hydrogens is 332 g/mol. The van der Waals surface area contributed by atoms with Gasteiger partial charge in [-0.1, -0.05) is 64.0 Å². The fraction of sp³-hybridized carbons (Fsp3) is 0.905. The molecule has 26 heavy (non-hydrogen) atoms. The summed E-state index contributed by atoms with van der Waals surface area (Å²) in [4.78, 5) is 0. The Morgan fingerprint density at radius 1 is 0.962 bits per heavy atom. The number of aliphatic hydroxyl groups is 3. The van der Waals surface area contributed by atoms with Crippen LogP contribution >= 0.6 is 0 Å². The number of aliphatic hydroxyl groups excluding tert-OH is 3. The van der Waals surface area contributed by atoms with E-state index in [9.17, 15) is 15.3 Å². The maximum absolute atomic E-state index is 9.92. The van der Waals surface area contributed by atoms with E-state index in [-0.39, 0.29) is 13.2 Å². The van der Waals surface area contributed by atoms with E-state index in [0.717, 1.165) is 12.8 Å². The van der Waals surface area contributed by atoms with Gasteiger partial charge in [0.2, 0.25) is 0 Å². The molecule has 0 radical (unpaired) electrons. The van der Waals surface area contributed by atoms with Crippen LogP contribution in [-0.2, 0) is 9.47 Å². The Morgan fingerprint density at radius 2 is 1.58 bits per heavy atom. The van der Waals surface area contributed by atoms with Gasteiger partial charge in [0.1, 0.15) is 24.4 Å². The molecule has 0 unspecified atom stereocenters. The van der Waals surface area contributed by atoms with Crippen molar-refractivity contribution in [2.24, 2.45) is 0 Å². The number of unbranched alkanes of at least 4 members (excludes halogenated alkanes) is 9. The van der Waals surface area contributed by atoms with Crippen molar-refractivity contribution in [2.75, 3.05) is 19.8 Å². The molecule has 0 aromatic carbocycles. The zero-order chi connectivity index (χ0) is 19.0. The highest BCUT2D eigenvalue weighted by atomic mass is 16.5. The highest BCUT2D eigenvalue weighted by molar-refractivity contribution is 4.87. The van der Waals surface area contributed by atoms with Crippen molar-refractivity contribution in [2.45, 2.75) is 102 Å². The number of rotatable bonds is 16. The van der Waals surface area contributed by atoms with Crippen LogP contribution in [0.2, 0.25) is 0 Å². The van der Waals surface area contributed by atoms with Gasteiger partial charge in [-0.2, -0.15) is 0 Å². The molecule has 154 valence electrons. The highest BCUT2D eigenvalue weighted by Gasteiger charge is 2.39. The van der Waals surface area contributed by atoms with Crippen molar-refractivity contribution in [3.63, 3.8) is 0 Å². The smallest absolute Gasteiger partial charge is 0.114 e. The predicted octanol–water partition coefficient (Wildman–Crippen LogP) is 3.35. The molecule has 0 aliphatic carbocycles. The Morgan fingerprint density at radius 3 is 2.19 bits per heavy atom. The summed E-state index contributed by atoms with van der Waals surface area (Å²) in [5.41, 5.74) is 0. The lowest BCUT2D eigenvalue weighted by atomic mass is 10.1. The van der Waals surface area contributed by atoms with Crippen LogP contribution < -0.4 is 0 Å². The standard InChI is InChI=1S/C21H40O5/c1-2-3-4-5-6-7-8-9-10-11-12-13-14-15-25-16-19(23)21-20(24)18(22)17-26-21/h5-6,18-24H,2-4,7-17H2,1H3/b6-5+/t18-,19+,20+,21+/m0/s1. The third-order valence-electron chi connectivity index (χ3n) is 4.91. The minimum Gasteiger partial charge on any atom is -0.388 e. The third kappa shape index (κ3) is 10.6. The minimum absolute atomic E-state index is 0.0675. The topological polar surface area (TPSA) is 79.2 Å². The zero-order valence-electron chi connectivity index (χ0n) is 16.5. The van der Waals surface area contributed by atoms with E-state index in [2.05, 4.69) is 19.1 Å². The van der Waals surface area contributed by atoms with Crippen molar-refractivity contribution in [1.82, 2.24) is 0 Å². The molecule has 0 aromatic heterocycles. The quantitative estimate of drug-likeness (QED) is 0.286. The van der Waals surface area contributed by atoms with Gasteiger partial charge >= 0.3 is 0 Å². The first kappa shape index (κ1) is 23.6. The first-order valence-electron chi connectivity index (χ1n) is 10.5. The molecule has 4 atom stereocenters. The van der Waals surface area contributed by atoms with Gasteiger partial charge in [-0.15, -0.1) is 0 Å². The lowest BCUT2D eigenvalue weighted by Crippen LogP contribution is -2.40. The normalized spacial score (nSPS) is 24.5. The molecule has 1 rings (SSSR count). The first-order valence-corrected chi connectivity index (χ1v) is 10.5. The van der Waals surface area contributed by atoms with Crippen molar-refractivity contribution >= 4 is 0 Å². The molecule has 0 spiro atoms. The fourth-order valence-corrected chi connectivity index (χ4v) is 3.17. The molecule has 1 heterocycles. The van der Waals surface area contributed by atoms with Crippen LogP contribution in [0.25, 0.3) is 0 Å². The monoisotopic (exact) mass is 372 g/mol. The Bertz CT molecular complexity index is 347. The molecule has 1 aliphatic rings. The van der Waals surface area contributed by atoms with E-state index in [1.54, 1.807) is 0 Å². The van der Waals surface area contributed by atoms with Crippen LogP contribution in [0.5, 0.6) is 0 Å². The average molecular weight is 373 g/mol. The third-order valence-corrected chi connectivity index (χ3v) is 4.91. The molecular formula is C21H40O5. The van der Waals surface area contributed by atoms with E-state index >= 15 is 0 Å². The summed E-state index contributed by atoms with van der Waals surface area (Å²) in [6.45, 7) is 3.05. The van der Waals surface area contributed by atoms with Gasteiger partial charge in [-0.05, 0) is 25.7 Å². The number of ether oxygens (including phenoxy) is 2. The van der Waals surface area contributed by atoms with E-state index < -0.39 is 24.4 Å². The summed E-state index contributed by atoms with van der Waals surface area (Å²) >= 11 is 0. The minimum atomic E-state index is -1.03. The molecule has 3 N–H and O–H groups in total. The Balaban J connectivity index is 1.81. The second kappa shape index (κ2) is 15.6. The van der Waals surface area contributed by atoms with Gasteiger partial charge in [0.25, 0.3) is 0 Å². The van der Waals surface area contributed by atoms with Gasteiger partial charge < -0.3 is 24.8 Å².